The second-order valence-corrected chi connectivity index (χ2v) is 5.98. The maximum absolute atomic E-state index is 12.2. The highest BCUT2D eigenvalue weighted by Gasteiger charge is 2.20. The Labute approximate surface area is 134 Å². The highest BCUT2D eigenvalue weighted by molar-refractivity contribution is 9.09. The predicted octanol–water partition coefficient (Wildman–Crippen LogP) is 2.27. The zero-order valence-corrected chi connectivity index (χ0v) is 14.2. The lowest BCUT2D eigenvalue weighted by atomic mass is 10.0. The number of hydrogen-bond acceptors (Lipinski definition) is 2. The number of carbonyl (C=O) groups is 2. The van der Waals surface area contributed by atoms with Crippen LogP contribution in [0.1, 0.15) is 25.8 Å². The Bertz CT molecular complexity index is 449. The molecule has 1 aromatic carbocycles. The molecule has 116 valence electrons. The highest BCUT2D eigenvalue weighted by atomic mass is 79.9. The van der Waals surface area contributed by atoms with Crippen LogP contribution in [0.2, 0.25) is 0 Å². The van der Waals surface area contributed by atoms with Gasteiger partial charge in [-0.1, -0.05) is 60.1 Å². The summed E-state index contributed by atoms with van der Waals surface area (Å²) < 4.78 is 0. The van der Waals surface area contributed by atoms with E-state index >= 15 is 0 Å². The van der Waals surface area contributed by atoms with E-state index in [1.54, 1.807) is 0 Å². The Hall–Kier alpha value is -1.36. The molecule has 2 amide bonds. The Kier molecular flexibility index (Phi) is 8.05. The van der Waals surface area contributed by atoms with Crippen molar-refractivity contribution in [1.82, 2.24) is 10.6 Å². The number of nitrogens with one attached hydrogen (secondary N) is 2. The molecular weight excluding hydrogens is 332 g/mol. The van der Waals surface area contributed by atoms with Gasteiger partial charge in [0.25, 0.3) is 0 Å². The first-order valence-electron chi connectivity index (χ1n) is 7.20. The average molecular weight is 355 g/mol. The normalized spacial score (nSPS) is 12.0. The van der Waals surface area contributed by atoms with Gasteiger partial charge < -0.3 is 10.6 Å². The van der Waals surface area contributed by atoms with Gasteiger partial charge in [0.1, 0.15) is 6.04 Å². The minimum Gasteiger partial charge on any atom is -0.354 e. The molecule has 21 heavy (non-hydrogen) atoms. The summed E-state index contributed by atoms with van der Waals surface area (Å²) in [5.41, 5.74) is 1.02. The number of hydrogen-bond donors (Lipinski definition) is 2. The lowest BCUT2D eigenvalue weighted by molar-refractivity contribution is -0.127. The minimum atomic E-state index is -0.537. The second-order valence-electron chi connectivity index (χ2n) is 5.42. The summed E-state index contributed by atoms with van der Waals surface area (Å²) in [4.78, 5) is 23.8. The summed E-state index contributed by atoms with van der Waals surface area (Å²) in [6.45, 7) is 4.85. The molecule has 0 radical (unpaired) electrons. The van der Waals surface area contributed by atoms with E-state index < -0.39 is 6.04 Å². The van der Waals surface area contributed by atoms with Gasteiger partial charge in [0.05, 0.1) is 5.33 Å². The zero-order chi connectivity index (χ0) is 15.7. The van der Waals surface area contributed by atoms with Crippen LogP contribution in [0.25, 0.3) is 0 Å². The smallest absolute Gasteiger partial charge is 0.242 e. The summed E-state index contributed by atoms with van der Waals surface area (Å²) in [6, 6.07) is 9.15. The van der Waals surface area contributed by atoms with Crippen LogP contribution in [0.3, 0.4) is 0 Å². The molecule has 0 aliphatic rings. The average Bonchev–Trinajstić information content (AvgIpc) is 2.47. The topological polar surface area (TPSA) is 58.2 Å². The lowest BCUT2D eigenvalue weighted by Gasteiger charge is -2.18. The first kappa shape index (κ1) is 17.7. The van der Waals surface area contributed by atoms with Crippen LogP contribution in [0.15, 0.2) is 30.3 Å². The van der Waals surface area contributed by atoms with E-state index in [0.717, 1.165) is 12.0 Å². The molecule has 0 unspecified atom stereocenters. The molecule has 0 spiro atoms. The quantitative estimate of drug-likeness (QED) is 0.703. The SMILES string of the molecule is CC(C)CCNC(=O)[C@H](Cc1ccccc1)NC(=O)CBr. The molecule has 4 nitrogen and oxygen atoms in total. The maximum Gasteiger partial charge on any atom is 0.242 e. The Balaban J connectivity index is 2.63. The molecule has 0 heterocycles. The third kappa shape index (κ3) is 7.27. The fourth-order valence-corrected chi connectivity index (χ4v) is 2.06. The molecule has 0 aromatic heterocycles. The van der Waals surface area contributed by atoms with Crippen molar-refractivity contribution < 1.29 is 9.59 Å². The third-order valence-electron chi connectivity index (χ3n) is 3.08. The number of halogens is 1. The predicted molar refractivity (Wildman–Crippen MR) is 88.3 cm³/mol. The van der Waals surface area contributed by atoms with Gasteiger partial charge in [-0.05, 0) is 17.9 Å². The number of amides is 2. The standard InChI is InChI=1S/C16H23BrN2O2/c1-12(2)8-9-18-16(21)14(19-15(20)11-17)10-13-6-4-3-5-7-13/h3-7,12,14H,8-11H2,1-2H3,(H,18,21)(H,19,20)/t14-/m0/s1. The molecule has 1 aromatic rings. The summed E-state index contributed by atoms with van der Waals surface area (Å²) in [5, 5.41) is 5.84. The molecular formula is C16H23BrN2O2. The van der Waals surface area contributed by atoms with Crippen molar-refractivity contribution in [3.05, 3.63) is 35.9 Å². The molecule has 2 N–H and O–H groups in total. The molecule has 0 aliphatic heterocycles. The molecule has 0 bridgehead atoms. The van der Waals surface area contributed by atoms with Crippen LogP contribution in [0.5, 0.6) is 0 Å². The maximum atomic E-state index is 12.2. The van der Waals surface area contributed by atoms with Gasteiger partial charge in [0.2, 0.25) is 11.8 Å². The second kappa shape index (κ2) is 9.55. The van der Waals surface area contributed by atoms with Crippen LogP contribution in [0, 0.1) is 5.92 Å². The van der Waals surface area contributed by atoms with E-state index in [1.165, 1.54) is 0 Å². The Morgan fingerprint density at radius 1 is 1.19 bits per heavy atom. The summed E-state index contributed by atoms with van der Waals surface area (Å²) in [7, 11) is 0. The van der Waals surface area contributed by atoms with E-state index in [4.69, 9.17) is 0 Å². The first-order valence-corrected chi connectivity index (χ1v) is 8.32. The molecule has 5 heteroatoms. The van der Waals surface area contributed by atoms with Gasteiger partial charge >= 0.3 is 0 Å². The van der Waals surface area contributed by atoms with Gasteiger partial charge in [-0.25, -0.2) is 0 Å². The van der Waals surface area contributed by atoms with E-state index in [9.17, 15) is 9.59 Å². The first-order chi connectivity index (χ1) is 10.0. The molecule has 0 saturated carbocycles. The van der Waals surface area contributed by atoms with Crippen molar-refractivity contribution in [1.29, 1.82) is 0 Å². The van der Waals surface area contributed by atoms with Crippen molar-refractivity contribution in [3.8, 4) is 0 Å². The minimum absolute atomic E-state index is 0.131. The number of rotatable bonds is 8. The molecule has 1 atom stereocenters. The van der Waals surface area contributed by atoms with E-state index in [-0.39, 0.29) is 17.1 Å². The van der Waals surface area contributed by atoms with Crippen LogP contribution >= 0.6 is 15.9 Å². The summed E-state index contributed by atoms with van der Waals surface area (Å²) in [5.74, 6) is 0.221. The number of benzene rings is 1. The number of alkyl halides is 1. The van der Waals surface area contributed by atoms with Crippen LogP contribution in [-0.2, 0) is 16.0 Å². The fraction of sp³-hybridized carbons (Fsp3) is 0.500. The Morgan fingerprint density at radius 2 is 1.86 bits per heavy atom. The molecule has 0 saturated heterocycles. The van der Waals surface area contributed by atoms with Crippen molar-refractivity contribution >= 4 is 27.7 Å². The van der Waals surface area contributed by atoms with Crippen molar-refractivity contribution in [3.63, 3.8) is 0 Å². The summed E-state index contributed by atoms with van der Waals surface area (Å²) in [6.07, 6.45) is 1.42. The van der Waals surface area contributed by atoms with Gasteiger partial charge in [0.15, 0.2) is 0 Å². The van der Waals surface area contributed by atoms with E-state index in [0.29, 0.717) is 18.9 Å². The van der Waals surface area contributed by atoms with E-state index in [1.807, 2.05) is 30.3 Å². The molecule has 1 rings (SSSR count). The highest BCUT2D eigenvalue weighted by Crippen LogP contribution is 2.04. The van der Waals surface area contributed by atoms with Crippen molar-refractivity contribution in [2.45, 2.75) is 32.7 Å². The third-order valence-corrected chi connectivity index (χ3v) is 3.59. The largest absolute Gasteiger partial charge is 0.354 e. The summed E-state index contributed by atoms with van der Waals surface area (Å²) >= 11 is 3.11. The van der Waals surface area contributed by atoms with Gasteiger partial charge in [-0.3, -0.25) is 9.59 Å². The van der Waals surface area contributed by atoms with Gasteiger partial charge in [-0.2, -0.15) is 0 Å². The Morgan fingerprint density at radius 3 is 2.43 bits per heavy atom. The lowest BCUT2D eigenvalue weighted by Crippen LogP contribution is -2.48. The van der Waals surface area contributed by atoms with E-state index in [2.05, 4.69) is 40.4 Å². The zero-order valence-electron chi connectivity index (χ0n) is 12.6. The van der Waals surface area contributed by atoms with Crippen LogP contribution < -0.4 is 10.6 Å². The van der Waals surface area contributed by atoms with Gasteiger partial charge in [-0.15, -0.1) is 0 Å². The van der Waals surface area contributed by atoms with Gasteiger partial charge in [0, 0.05) is 13.0 Å². The van der Waals surface area contributed by atoms with Crippen molar-refractivity contribution in [2.75, 3.05) is 11.9 Å². The fourth-order valence-electron chi connectivity index (χ4n) is 1.90. The van der Waals surface area contributed by atoms with Crippen LogP contribution in [-0.4, -0.2) is 29.7 Å². The monoisotopic (exact) mass is 354 g/mol. The van der Waals surface area contributed by atoms with Crippen molar-refractivity contribution in [2.24, 2.45) is 5.92 Å². The number of carbonyl (C=O) groups excluding carboxylic acids is 2. The molecule has 0 fully saturated rings. The molecule has 0 aliphatic carbocycles. The van der Waals surface area contributed by atoms with Crippen LogP contribution in [0.4, 0.5) is 0 Å².